The van der Waals surface area contributed by atoms with E-state index in [-0.39, 0.29) is 12.1 Å². The molecule has 6 heteroatoms. The van der Waals surface area contributed by atoms with Crippen LogP contribution in [0.15, 0.2) is 5.16 Å². The van der Waals surface area contributed by atoms with Gasteiger partial charge in [-0.25, -0.2) is 9.59 Å². The van der Waals surface area contributed by atoms with Crippen LogP contribution in [0.5, 0.6) is 0 Å². The Kier molecular flexibility index (Phi) is 2.97. The van der Waals surface area contributed by atoms with Crippen molar-refractivity contribution in [3.63, 3.8) is 0 Å². The van der Waals surface area contributed by atoms with Gasteiger partial charge in [-0.1, -0.05) is 5.16 Å². The summed E-state index contributed by atoms with van der Waals surface area (Å²) in [6, 6.07) is 0. The normalized spacial score (nSPS) is 20.5. The summed E-state index contributed by atoms with van der Waals surface area (Å²) < 4.78 is 5.01. The molecule has 0 aliphatic carbocycles. The molecule has 1 aliphatic rings. The third-order valence-corrected chi connectivity index (χ3v) is 1.58. The Bertz CT molecular complexity index is 315. The molecule has 6 nitrogen and oxygen atoms in total. The number of esters is 1. The summed E-state index contributed by atoms with van der Waals surface area (Å²) in [5.41, 5.74) is -0.613. The summed E-state index contributed by atoms with van der Waals surface area (Å²) in [5, 5.41) is 12.0. The van der Waals surface area contributed by atoms with Crippen LogP contribution >= 0.6 is 0 Å². The minimum absolute atomic E-state index is 0.0114. The predicted molar refractivity (Wildman–Crippen MR) is 50.4 cm³/mol. The average Bonchev–Trinajstić information content (AvgIpc) is 2.47. The number of hydrogen-bond donors (Lipinski definition) is 1. The smallest absolute Gasteiger partial charge is 0.356 e. The van der Waals surface area contributed by atoms with Gasteiger partial charge in [0.15, 0.2) is 5.71 Å². The number of carbonyl (C=O) groups excluding carboxylic acids is 1. The lowest BCUT2D eigenvalue weighted by Crippen LogP contribution is -2.29. The quantitative estimate of drug-likeness (QED) is 0.680. The molecular weight excluding hydrogens is 202 g/mol. The van der Waals surface area contributed by atoms with Crippen molar-refractivity contribution in [2.45, 2.75) is 38.9 Å². The topological polar surface area (TPSA) is 85.2 Å². The molecule has 0 aromatic heterocycles. The molecule has 1 unspecified atom stereocenters. The number of carboxylic acid groups (broad SMARTS) is 1. The summed E-state index contributed by atoms with van der Waals surface area (Å²) >= 11 is 0. The molecule has 0 aromatic rings. The van der Waals surface area contributed by atoms with Gasteiger partial charge in [0, 0.05) is 0 Å². The number of aliphatic carboxylic acids is 1. The first-order valence-electron chi connectivity index (χ1n) is 4.48. The molecule has 0 amide bonds. The Morgan fingerprint density at radius 2 is 2.13 bits per heavy atom. The Morgan fingerprint density at radius 3 is 2.53 bits per heavy atom. The van der Waals surface area contributed by atoms with E-state index in [4.69, 9.17) is 9.84 Å². The highest BCUT2D eigenvalue weighted by Crippen LogP contribution is 2.15. The SMILES string of the molecule is CC(C)(C)OC(=O)C1=NOC(C(=O)O)C1. The van der Waals surface area contributed by atoms with E-state index in [9.17, 15) is 9.59 Å². The first-order valence-corrected chi connectivity index (χ1v) is 4.48. The van der Waals surface area contributed by atoms with Crippen LogP contribution in [0.1, 0.15) is 27.2 Å². The van der Waals surface area contributed by atoms with Crippen molar-refractivity contribution in [1.82, 2.24) is 0 Å². The van der Waals surface area contributed by atoms with Crippen molar-refractivity contribution >= 4 is 17.7 Å². The predicted octanol–water partition coefficient (Wildman–Crippen LogP) is 0.558. The van der Waals surface area contributed by atoms with Gasteiger partial charge in [0.05, 0.1) is 6.42 Å². The minimum atomic E-state index is -1.14. The van der Waals surface area contributed by atoms with Crippen molar-refractivity contribution < 1.29 is 24.3 Å². The van der Waals surface area contributed by atoms with Gasteiger partial charge in [-0.2, -0.15) is 0 Å². The largest absolute Gasteiger partial charge is 0.478 e. The molecule has 0 saturated heterocycles. The fourth-order valence-electron chi connectivity index (χ4n) is 0.967. The Hall–Kier alpha value is -1.59. The van der Waals surface area contributed by atoms with E-state index in [0.717, 1.165) is 0 Å². The summed E-state index contributed by atoms with van der Waals surface area (Å²) in [4.78, 5) is 26.5. The van der Waals surface area contributed by atoms with E-state index in [1.54, 1.807) is 20.8 Å². The van der Waals surface area contributed by atoms with Crippen LogP contribution in [-0.4, -0.2) is 34.5 Å². The van der Waals surface area contributed by atoms with Crippen molar-refractivity contribution in [3.8, 4) is 0 Å². The summed E-state index contributed by atoms with van der Waals surface area (Å²) in [6.45, 7) is 5.15. The zero-order valence-corrected chi connectivity index (χ0v) is 8.81. The second kappa shape index (κ2) is 3.88. The fourth-order valence-corrected chi connectivity index (χ4v) is 0.967. The standard InChI is InChI=1S/C9H13NO5/c1-9(2,3)14-8(13)5-4-6(7(11)12)15-10-5/h6H,4H2,1-3H3,(H,11,12). The molecule has 1 atom stereocenters. The highest BCUT2D eigenvalue weighted by Gasteiger charge is 2.33. The van der Waals surface area contributed by atoms with Gasteiger partial charge in [-0.15, -0.1) is 0 Å². The van der Waals surface area contributed by atoms with Gasteiger partial charge in [-0.3, -0.25) is 0 Å². The molecule has 1 heterocycles. The van der Waals surface area contributed by atoms with Crippen molar-refractivity contribution in [2.24, 2.45) is 5.16 Å². The van der Waals surface area contributed by atoms with Crippen LogP contribution < -0.4 is 0 Å². The Morgan fingerprint density at radius 1 is 1.53 bits per heavy atom. The number of oxime groups is 1. The van der Waals surface area contributed by atoms with Crippen LogP contribution in [0.4, 0.5) is 0 Å². The molecule has 84 valence electrons. The zero-order valence-electron chi connectivity index (χ0n) is 8.81. The van der Waals surface area contributed by atoms with Crippen LogP contribution in [0.3, 0.4) is 0 Å². The number of carboxylic acids is 1. The van der Waals surface area contributed by atoms with Crippen molar-refractivity contribution in [3.05, 3.63) is 0 Å². The van der Waals surface area contributed by atoms with Crippen LogP contribution in [0.2, 0.25) is 0 Å². The summed E-state index contributed by atoms with van der Waals surface area (Å²) in [5.74, 6) is -1.77. The van der Waals surface area contributed by atoms with E-state index in [1.165, 1.54) is 0 Å². The lowest BCUT2D eigenvalue weighted by atomic mass is 10.1. The van der Waals surface area contributed by atoms with Gasteiger partial charge in [0.1, 0.15) is 5.60 Å². The number of carbonyl (C=O) groups is 2. The van der Waals surface area contributed by atoms with Crippen molar-refractivity contribution in [2.75, 3.05) is 0 Å². The van der Waals surface area contributed by atoms with E-state index in [0.29, 0.717) is 0 Å². The van der Waals surface area contributed by atoms with Gasteiger partial charge in [0.2, 0.25) is 6.10 Å². The second-order valence-corrected chi connectivity index (χ2v) is 4.18. The molecule has 15 heavy (non-hydrogen) atoms. The molecule has 0 aromatic carbocycles. The second-order valence-electron chi connectivity index (χ2n) is 4.18. The van der Waals surface area contributed by atoms with E-state index in [2.05, 4.69) is 9.99 Å². The fraction of sp³-hybridized carbons (Fsp3) is 0.667. The third-order valence-electron chi connectivity index (χ3n) is 1.58. The van der Waals surface area contributed by atoms with Gasteiger partial charge >= 0.3 is 11.9 Å². The van der Waals surface area contributed by atoms with Gasteiger partial charge in [-0.05, 0) is 20.8 Å². The number of ether oxygens (including phenoxy) is 1. The van der Waals surface area contributed by atoms with Gasteiger partial charge < -0.3 is 14.7 Å². The van der Waals surface area contributed by atoms with Crippen LogP contribution in [0.25, 0.3) is 0 Å². The monoisotopic (exact) mass is 215 g/mol. The molecule has 0 radical (unpaired) electrons. The molecule has 1 aliphatic heterocycles. The zero-order chi connectivity index (χ0) is 11.6. The van der Waals surface area contributed by atoms with Crippen LogP contribution in [0, 0.1) is 0 Å². The molecule has 1 rings (SSSR count). The average molecular weight is 215 g/mol. The first-order chi connectivity index (χ1) is 6.79. The molecule has 0 spiro atoms. The van der Waals surface area contributed by atoms with E-state index < -0.39 is 23.6 Å². The Labute approximate surface area is 86.8 Å². The van der Waals surface area contributed by atoms with Crippen molar-refractivity contribution in [1.29, 1.82) is 0 Å². The maximum absolute atomic E-state index is 11.4. The number of nitrogens with zero attached hydrogens (tertiary/aromatic N) is 1. The summed E-state index contributed by atoms with van der Waals surface area (Å²) in [7, 11) is 0. The maximum atomic E-state index is 11.4. The highest BCUT2D eigenvalue weighted by molar-refractivity contribution is 6.37. The minimum Gasteiger partial charge on any atom is -0.478 e. The lowest BCUT2D eigenvalue weighted by molar-refractivity contribution is -0.148. The molecular formula is C9H13NO5. The van der Waals surface area contributed by atoms with E-state index in [1.807, 2.05) is 0 Å². The molecule has 0 saturated carbocycles. The highest BCUT2D eigenvalue weighted by atomic mass is 16.7. The molecule has 0 fully saturated rings. The lowest BCUT2D eigenvalue weighted by Gasteiger charge is -2.18. The first kappa shape index (κ1) is 11.5. The number of rotatable bonds is 2. The Balaban J connectivity index is 2.54. The van der Waals surface area contributed by atoms with Crippen LogP contribution in [-0.2, 0) is 19.2 Å². The molecule has 0 bridgehead atoms. The summed E-state index contributed by atoms with van der Waals surface area (Å²) in [6.07, 6.45) is -1.13. The van der Waals surface area contributed by atoms with Gasteiger partial charge in [0.25, 0.3) is 0 Å². The molecule has 1 N–H and O–H groups in total. The van der Waals surface area contributed by atoms with E-state index >= 15 is 0 Å². The third kappa shape index (κ3) is 3.23. The number of hydrogen-bond acceptors (Lipinski definition) is 5. The maximum Gasteiger partial charge on any atom is 0.356 e.